The molecule has 1 aliphatic heterocycles. The lowest BCUT2D eigenvalue weighted by molar-refractivity contribution is -0.136. The van der Waals surface area contributed by atoms with Crippen molar-refractivity contribution >= 4 is 18.4 Å². The van der Waals surface area contributed by atoms with Crippen molar-refractivity contribution in [1.82, 2.24) is 20.4 Å². The van der Waals surface area contributed by atoms with Crippen LogP contribution in [-0.2, 0) is 17.8 Å². The van der Waals surface area contributed by atoms with Gasteiger partial charge in [-0.2, -0.15) is 4.98 Å². The Hall–Kier alpha value is -1.18. The van der Waals surface area contributed by atoms with Crippen molar-refractivity contribution in [2.75, 3.05) is 19.6 Å². The average molecular weight is 347 g/mol. The first-order valence-corrected chi connectivity index (χ1v) is 7.87. The van der Waals surface area contributed by atoms with Crippen molar-refractivity contribution in [1.29, 1.82) is 0 Å². The van der Waals surface area contributed by atoms with E-state index in [1.807, 2.05) is 0 Å². The van der Waals surface area contributed by atoms with E-state index in [-0.39, 0.29) is 24.5 Å². The van der Waals surface area contributed by atoms with Gasteiger partial charge in [-0.25, -0.2) is 0 Å². The third kappa shape index (κ3) is 6.45. The first-order valence-electron chi connectivity index (χ1n) is 7.87. The second-order valence-electron chi connectivity index (χ2n) is 6.81. The van der Waals surface area contributed by atoms with Crippen LogP contribution in [0.15, 0.2) is 4.52 Å². The molecule has 1 unspecified atom stereocenters. The molecule has 0 spiro atoms. The molecule has 0 radical (unpaired) electrons. The average Bonchev–Trinajstić information content (AvgIpc) is 3.03. The number of carboxylic acid groups (broad SMARTS) is 1. The highest BCUT2D eigenvalue weighted by Crippen LogP contribution is 2.22. The monoisotopic (exact) mass is 346 g/mol. The van der Waals surface area contributed by atoms with E-state index in [1.54, 1.807) is 0 Å². The highest BCUT2D eigenvalue weighted by Gasteiger charge is 2.34. The van der Waals surface area contributed by atoms with Crippen LogP contribution in [0.4, 0.5) is 0 Å². The Labute approximate surface area is 143 Å². The van der Waals surface area contributed by atoms with Crippen molar-refractivity contribution < 1.29 is 14.4 Å². The lowest BCUT2D eigenvalue weighted by Gasteiger charge is -2.25. The molecule has 0 bridgehead atoms. The van der Waals surface area contributed by atoms with Crippen LogP contribution in [0.2, 0.25) is 0 Å². The number of rotatable bonds is 8. The van der Waals surface area contributed by atoms with Crippen molar-refractivity contribution in [3.8, 4) is 0 Å². The summed E-state index contributed by atoms with van der Waals surface area (Å²) in [4.78, 5) is 17.3. The lowest BCUT2D eigenvalue weighted by Crippen LogP contribution is -2.46. The molecule has 2 rings (SSSR count). The molecule has 2 heterocycles. The molecule has 1 atom stereocenters. The van der Waals surface area contributed by atoms with Gasteiger partial charge in [0.1, 0.15) is 0 Å². The van der Waals surface area contributed by atoms with Crippen LogP contribution in [0.3, 0.4) is 0 Å². The Bertz CT molecular complexity index is 509. The molecule has 1 aliphatic rings. The van der Waals surface area contributed by atoms with Gasteiger partial charge in [0, 0.05) is 25.0 Å². The van der Waals surface area contributed by atoms with Gasteiger partial charge in [-0.1, -0.05) is 19.0 Å². The number of nitrogens with zero attached hydrogens (tertiary/aromatic N) is 3. The van der Waals surface area contributed by atoms with Crippen LogP contribution < -0.4 is 5.32 Å². The SMILES string of the molecule is CC(C)CCc1noc(CN2CCC(C)(NCC(=O)O)C2)n1.Cl. The molecule has 8 heteroatoms. The van der Waals surface area contributed by atoms with Crippen molar-refractivity contribution in [2.45, 2.75) is 52.1 Å². The second kappa shape index (κ2) is 8.61. The van der Waals surface area contributed by atoms with Gasteiger partial charge in [0.15, 0.2) is 5.82 Å². The zero-order valence-corrected chi connectivity index (χ0v) is 14.9. The molecule has 1 aromatic rings. The molecule has 1 aromatic heterocycles. The van der Waals surface area contributed by atoms with Crippen LogP contribution in [0.5, 0.6) is 0 Å². The number of carboxylic acids is 1. The number of nitrogens with one attached hydrogen (secondary N) is 1. The number of hydrogen-bond acceptors (Lipinski definition) is 6. The molecule has 1 fully saturated rings. The van der Waals surface area contributed by atoms with E-state index in [0.717, 1.165) is 38.2 Å². The molecule has 2 N–H and O–H groups in total. The predicted molar refractivity (Wildman–Crippen MR) is 88.6 cm³/mol. The summed E-state index contributed by atoms with van der Waals surface area (Å²) in [7, 11) is 0. The van der Waals surface area contributed by atoms with Crippen molar-refractivity contribution in [3.63, 3.8) is 0 Å². The number of carbonyl (C=O) groups is 1. The van der Waals surface area contributed by atoms with E-state index in [0.29, 0.717) is 18.4 Å². The molecule has 0 aromatic carbocycles. The summed E-state index contributed by atoms with van der Waals surface area (Å²) < 4.78 is 5.31. The summed E-state index contributed by atoms with van der Waals surface area (Å²) in [5.74, 6) is 1.21. The molecular weight excluding hydrogens is 320 g/mol. The Balaban J connectivity index is 0.00000264. The highest BCUT2D eigenvalue weighted by atomic mass is 35.5. The minimum absolute atomic E-state index is 0. The van der Waals surface area contributed by atoms with Gasteiger partial charge in [-0.3, -0.25) is 9.69 Å². The predicted octanol–water partition coefficient (Wildman–Crippen LogP) is 1.72. The summed E-state index contributed by atoms with van der Waals surface area (Å²) >= 11 is 0. The summed E-state index contributed by atoms with van der Waals surface area (Å²) in [5.41, 5.74) is -0.168. The quantitative estimate of drug-likeness (QED) is 0.740. The lowest BCUT2D eigenvalue weighted by atomic mass is 10.0. The molecule has 0 amide bonds. The minimum atomic E-state index is -0.827. The second-order valence-corrected chi connectivity index (χ2v) is 6.81. The third-order valence-corrected chi connectivity index (χ3v) is 4.03. The van der Waals surface area contributed by atoms with E-state index in [2.05, 4.69) is 41.1 Å². The molecule has 0 saturated carbocycles. The third-order valence-electron chi connectivity index (χ3n) is 4.03. The Kier molecular flexibility index (Phi) is 7.44. The van der Waals surface area contributed by atoms with Crippen molar-refractivity contribution in [3.05, 3.63) is 11.7 Å². The van der Waals surface area contributed by atoms with Gasteiger partial charge < -0.3 is 14.9 Å². The molecule has 132 valence electrons. The zero-order chi connectivity index (χ0) is 16.2. The summed E-state index contributed by atoms with van der Waals surface area (Å²) in [6.45, 7) is 8.70. The Morgan fingerprint density at radius 2 is 2.26 bits per heavy atom. The van der Waals surface area contributed by atoms with Gasteiger partial charge in [0.25, 0.3) is 0 Å². The molecule has 23 heavy (non-hydrogen) atoms. The standard InChI is InChI=1S/C15H26N4O3.ClH/c1-11(2)4-5-12-17-13(22-18-12)9-19-7-6-15(3,10-19)16-8-14(20)21;/h11,16H,4-10H2,1-3H3,(H,20,21);1H. The number of likely N-dealkylation sites (tertiary alicyclic amines) is 1. The normalized spacial score (nSPS) is 21.6. The fraction of sp³-hybridized carbons (Fsp3) is 0.800. The maximum absolute atomic E-state index is 10.7. The highest BCUT2D eigenvalue weighted by molar-refractivity contribution is 5.85. The molecule has 7 nitrogen and oxygen atoms in total. The maximum atomic E-state index is 10.7. The van der Waals surface area contributed by atoms with Gasteiger partial charge >= 0.3 is 5.97 Å². The topological polar surface area (TPSA) is 91.5 Å². The van der Waals surface area contributed by atoms with Gasteiger partial charge in [0.2, 0.25) is 5.89 Å². The summed E-state index contributed by atoms with van der Waals surface area (Å²) in [5, 5.41) is 15.9. The van der Waals surface area contributed by atoms with Crippen LogP contribution in [0.1, 0.15) is 45.3 Å². The Morgan fingerprint density at radius 1 is 1.52 bits per heavy atom. The number of halogens is 1. The number of aryl methyl sites for hydroxylation is 1. The Morgan fingerprint density at radius 3 is 2.91 bits per heavy atom. The number of aliphatic carboxylic acids is 1. The zero-order valence-electron chi connectivity index (χ0n) is 14.0. The molecular formula is C15H27ClN4O3. The first-order chi connectivity index (χ1) is 10.4. The van der Waals surface area contributed by atoms with E-state index in [4.69, 9.17) is 9.63 Å². The fourth-order valence-corrected chi connectivity index (χ4v) is 2.69. The smallest absolute Gasteiger partial charge is 0.317 e. The minimum Gasteiger partial charge on any atom is -0.480 e. The van der Waals surface area contributed by atoms with Crippen LogP contribution in [0, 0.1) is 5.92 Å². The van der Waals surface area contributed by atoms with Crippen LogP contribution in [-0.4, -0.2) is 51.3 Å². The van der Waals surface area contributed by atoms with E-state index >= 15 is 0 Å². The molecule has 0 aliphatic carbocycles. The van der Waals surface area contributed by atoms with Crippen LogP contribution in [0.25, 0.3) is 0 Å². The van der Waals surface area contributed by atoms with Gasteiger partial charge in [0.05, 0.1) is 13.1 Å². The fourth-order valence-electron chi connectivity index (χ4n) is 2.69. The summed E-state index contributed by atoms with van der Waals surface area (Å²) in [6.07, 6.45) is 2.81. The number of hydrogen-bond donors (Lipinski definition) is 2. The maximum Gasteiger partial charge on any atom is 0.317 e. The molecule has 1 saturated heterocycles. The first kappa shape index (κ1) is 19.9. The summed E-state index contributed by atoms with van der Waals surface area (Å²) in [6, 6.07) is 0. The van der Waals surface area contributed by atoms with E-state index in [9.17, 15) is 4.79 Å². The van der Waals surface area contributed by atoms with Crippen molar-refractivity contribution in [2.24, 2.45) is 5.92 Å². The van der Waals surface area contributed by atoms with Gasteiger partial charge in [-0.05, 0) is 25.7 Å². The largest absolute Gasteiger partial charge is 0.480 e. The van der Waals surface area contributed by atoms with E-state index in [1.165, 1.54) is 0 Å². The van der Waals surface area contributed by atoms with E-state index < -0.39 is 5.97 Å². The van der Waals surface area contributed by atoms with Gasteiger partial charge in [-0.15, -0.1) is 12.4 Å². The van der Waals surface area contributed by atoms with Crippen LogP contribution >= 0.6 is 12.4 Å². The number of aromatic nitrogens is 2.